The van der Waals surface area contributed by atoms with Crippen molar-refractivity contribution in [1.29, 1.82) is 0 Å². The maximum Gasteiger partial charge on any atom is 0.309 e. The van der Waals surface area contributed by atoms with E-state index in [4.69, 9.17) is 23.7 Å². The van der Waals surface area contributed by atoms with Gasteiger partial charge >= 0.3 is 11.9 Å². The van der Waals surface area contributed by atoms with E-state index in [1.165, 1.54) is 44.9 Å². The maximum absolute atomic E-state index is 15.1. The summed E-state index contributed by atoms with van der Waals surface area (Å²) in [7, 11) is 1.69. The van der Waals surface area contributed by atoms with Gasteiger partial charge in [-0.3, -0.25) is 14.4 Å². The van der Waals surface area contributed by atoms with Crippen LogP contribution in [-0.4, -0.2) is 81.1 Å². The molecule has 7 aliphatic carbocycles. The molecule has 0 bridgehead atoms. The zero-order chi connectivity index (χ0) is 45.1. The third-order valence-corrected chi connectivity index (χ3v) is 20.5. The minimum Gasteiger partial charge on any atom is -0.461 e. The molecule has 9 heteroatoms. The summed E-state index contributed by atoms with van der Waals surface area (Å²) in [6, 6.07) is 9.79. The number of nitrogens with zero attached hydrogens (tertiary/aromatic N) is 1. The first-order valence-corrected chi connectivity index (χ1v) is 26.1. The number of hydrogen-bond donors (Lipinski definition) is 0. The molecule has 1 amide bonds. The van der Waals surface area contributed by atoms with Gasteiger partial charge < -0.3 is 28.6 Å². The van der Waals surface area contributed by atoms with Crippen LogP contribution in [0.4, 0.5) is 0 Å². The standard InChI is InChI=1S/C55H83NO8/c1-8-12-46-52(5,22-24-55(35-53(46,55)6)64-49(58)44-32-43(37(44)3)48(57)63-34-38-13-10-9-11-14-38)39-15-16-45-47-41(42-31-36(42)2)17-20-54(47,23-21-51(45,4)33-39)50(59)56-25-18-40(19-26-56)62-30-29-61-28-27-60-7/h9-11,13-14,36-37,39-47H,8,12,15-35H2,1-7H3. The Morgan fingerprint density at radius 2 is 1.53 bits per heavy atom. The van der Waals surface area contributed by atoms with Crippen LogP contribution < -0.4 is 0 Å². The average molecular weight is 886 g/mol. The number of rotatable bonds is 17. The molecule has 9 rings (SSSR count). The fourth-order valence-corrected chi connectivity index (χ4v) is 16.4. The van der Waals surface area contributed by atoms with E-state index in [1.54, 1.807) is 7.11 Å². The molecular weight excluding hydrogens is 803 g/mol. The molecule has 8 fully saturated rings. The number of esters is 2. The Bertz CT molecular complexity index is 1830. The summed E-state index contributed by atoms with van der Waals surface area (Å²) in [5.74, 6) is 4.16. The van der Waals surface area contributed by atoms with Crippen LogP contribution in [0, 0.1) is 80.8 Å². The second-order valence-corrected chi connectivity index (χ2v) is 23.7. The van der Waals surface area contributed by atoms with Crippen LogP contribution in [0.15, 0.2) is 30.3 Å². The quantitative estimate of drug-likeness (QED) is 0.113. The Balaban J connectivity index is 0.839. The van der Waals surface area contributed by atoms with Gasteiger partial charge in [0, 0.05) is 25.6 Å². The number of methoxy groups -OCH3 is 1. The number of amides is 1. The lowest BCUT2D eigenvalue weighted by Gasteiger charge is -2.61. The second-order valence-electron chi connectivity index (χ2n) is 23.7. The van der Waals surface area contributed by atoms with Gasteiger partial charge in [-0.1, -0.05) is 78.3 Å². The number of ether oxygens (including phenoxy) is 5. The molecule has 8 aliphatic rings. The highest BCUT2D eigenvalue weighted by Crippen LogP contribution is 2.77. The first kappa shape index (κ1) is 46.6. The summed E-state index contributed by atoms with van der Waals surface area (Å²) in [5, 5.41) is 0. The van der Waals surface area contributed by atoms with E-state index in [0.717, 1.165) is 81.9 Å². The third-order valence-electron chi connectivity index (χ3n) is 20.5. The Hall–Kier alpha value is -2.49. The number of carbonyl (C=O) groups excluding carboxylic acids is 3. The normalized spacial score (nSPS) is 43.6. The summed E-state index contributed by atoms with van der Waals surface area (Å²) in [5.41, 5.74) is 0.809. The number of fused-ring (bicyclic) bond motifs is 4. The topological polar surface area (TPSA) is 101 Å². The second kappa shape index (κ2) is 18.2. The smallest absolute Gasteiger partial charge is 0.309 e. The molecular formula is C55H83NO8. The van der Waals surface area contributed by atoms with Crippen molar-refractivity contribution in [2.75, 3.05) is 46.6 Å². The number of likely N-dealkylation sites (tertiary alicyclic amines) is 1. The highest BCUT2D eigenvalue weighted by molar-refractivity contribution is 5.84. The van der Waals surface area contributed by atoms with Gasteiger partial charge in [-0.15, -0.1) is 0 Å². The first-order chi connectivity index (χ1) is 30.7. The molecule has 1 aliphatic heterocycles. The molecule has 64 heavy (non-hydrogen) atoms. The van der Waals surface area contributed by atoms with Gasteiger partial charge in [0.05, 0.1) is 49.8 Å². The van der Waals surface area contributed by atoms with Crippen molar-refractivity contribution in [3.63, 3.8) is 0 Å². The number of hydrogen-bond acceptors (Lipinski definition) is 8. The van der Waals surface area contributed by atoms with Crippen LogP contribution in [0.3, 0.4) is 0 Å². The molecule has 1 aromatic carbocycles. The molecule has 0 radical (unpaired) electrons. The van der Waals surface area contributed by atoms with E-state index in [9.17, 15) is 9.59 Å². The van der Waals surface area contributed by atoms with Crippen LogP contribution in [0.25, 0.3) is 0 Å². The minimum atomic E-state index is -0.384. The van der Waals surface area contributed by atoms with E-state index >= 15 is 4.79 Å². The van der Waals surface area contributed by atoms with Crippen LogP contribution in [0.1, 0.15) is 150 Å². The molecule has 15 atom stereocenters. The van der Waals surface area contributed by atoms with Gasteiger partial charge in [0.15, 0.2) is 0 Å². The van der Waals surface area contributed by atoms with Crippen LogP contribution in [0.5, 0.6) is 0 Å². The summed E-state index contributed by atoms with van der Waals surface area (Å²) in [6.45, 7) is 18.8. The van der Waals surface area contributed by atoms with Crippen LogP contribution >= 0.6 is 0 Å². The maximum atomic E-state index is 15.1. The largest absolute Gasteiger partial charge is 0.461 e. The number of carbonyl (C=O) groups is 3. The van der Waals surface area contributed by atoms with Crippen molar-refractivity contribution >= 4 is 17.8 Å². The predicted molar refractivity (Wildman–Crippen MR) is 247 cm³/mol. The van der Waals surface area contributed by atoms with Gasteiger partial charge in [-0.05, 0) is 160 Å². The lowest BCUT2D eigenvalue weighted by Crippen LogP contribution is -2.59. The first-order valence-electron chi connectivity index (χ1n) is 26.1. The number of benzene rings is 1. The van der Waals surface area contributed by atoms with E-state index in [-0.39, 0.29) is 69.7 Å². The fourth-order valence-electron chi connectivity index (χ4n) is 16.4. The van der Waals surface area contributed by atoms with E-state index < -0.39 is 0 Å². The average Bonchev–Trinajstić information content (AvgIpc) is 4.12. The zero-order valence-corrected chi connectivity index (χ0v) is 40.7. The Morgan fingerprint density at radius 3 is 2.23 bits per heavy atom. The van der Waals surface area contributed by atoms with Gasteiger partial charge in [0.1, 0.15) is 12.2 Å². The van der Waals surface area contributed by atoms with Crippen LogP contribution in [0.2, 0.25) is 0 Å². The Labute approximate surface area is 385 Å². The SMILES string of the molecule is CCCC1C(C)(C2CCC3C4C(C5CC5C)CCC4(C(=O)N4CCC(OCCOCCOC)CC4)CCC3(C)C2)CCC2(OC(=O)C3CC(C(=O)OCc4ccccc4)C3C)CC12C. The van der Waals surface area contributed by atoms with Gasteiger partial charge in [-0.2, -0.15) is 0 Å². The lowest BCUT2D eigenvalue weighted by atomic mass is 9.43. The van der Waals surface area contributed by atoms with E-state index in [1.807, 2.05) is 37.3 Å². The molecule has 15 unspecified atom stereocenters. The molecule has 0 spiro atoms. The molecule has 0 aromatic heterocycles. The number of piperidine rings is 1. The molecule has 1 aromatic rings. The third kappa shape index (κ3) is 8.21. The molecule has 1 saturated heterocycles. The molecule has 0 N–H and O–H groups in total. The summed E-state index contributed by atoms with van der Waals surface area (Å²) < 4.78 is 29.3. The van der Waals surface area contributed by atoms with Crippen molar-refractivity contribution < 1.29 is 38.1 Å². The van der Waals surface area contributed by atoms with E-state index in [0.29, 0.717) is 68.3 Å². The predicted octanol–water partition coefficient (Wildman–Crippen LogP) is 10.5. The molecule has 7 saturated carbocycles. The summed E-state index contributed by atoms with van der Waals surface area (Å²) in [6.07, 6.45) is 17.5. The summed E-state index contributed by atoms with van der Waals surface area (Å²) >= 11 is 0. The van der Waals surface area contributed by atoms with Crippen molar-refractivity contribution in [2.45, 2.75) is 163 Å². The molecule has 1 heterocycles. The highest BCUT2D eigenvalue weighted by atomic mass is 16.6. The van der Waals surface area contributed by atoms with E-state index in [2.05, 4.69) is 39.5 Å². The Kier molecular flexibility index (Phi) is 13.3. The molecule has 9 nitrogen and oxygen atoms in total. The minimum absolute atomic E-state index is 0.0203. The Morgan fingerprint density at radius 1 is 0.797 bits per heavy atom. The van der Waals surface area contributed by atoms with Crippen LogP contribution in [-0.2, 0) is 44.7 Å². The summed E-state index contributed by atoms with van der Waals surface area (Å²) in [4.78, 5) is 44.4. The molecule has 356 valence electrons. The van der Waals surface area contributed by atoms with Gasteiger partial charge in [0.25, 0.3) is 0 Å². The highest BCUT2D eigenvalue weighted by Gasteiger charge is 2.77. The lowest BCUT2D eigenvalue weighted by molar-refractivity contribution is -0.182. The zero-order valence-electron chi connectivity index (χ0n) is 40.7. The monoisotopic (exact) mass is 886 g/mol. The van der Waals surface area contributed by atoms with Crippen molar-refractivity contribution in [3.05, 3.63) is 35.9 Å². The van der Waals surface area contributed by atoms with Crippen molar-refractivity contribution in [3.8, 4) is 0 Å². The van der Waals surface area contributed by atoms with Crippen molar-refractivity contribution in [2.24, 2.45) is 80.8 Å². The van der Waals surface area contributed by atoms with Gasteiger partial charge in [0.2, 0.25) is 5.91 Å². The van der Waals surface area contributed by atoms with Crippen molar-refractivity contribution in [1.82, 2.24) is 4.90 Å². The van der Waals surface area contributed by atoms with Gasteiger partial charge in [-0.25, -0.2) is 0 Å². The fraction of sp³-hybridized carbons (Fsp3) is 0.836.